The molecule has 0 radical (unpaired) electrons. The maximum atomic E-state index is 13.4. The number of nitrogens with zero attached hydrogens (tertiary/aromatic N) is 2. The molecule has 1 heterocycles. The van der Waals surface area contributed by atoms with Crippen molar-refractivity contribution >= 4 is 10.9 Å². The molecule has 1 aromatic heterocycles. The minimum atomic E-state index is -0.0770. The first kappa shape index (κ1) is 18.1. The van der Waals surface area contributed by atoms with Gasteiger partial charge >= 0.3 is 0 Å². The van der Waals surface area contributed by atoms with Crippen molar-refractivity contribution in [1.29, 1.82) is 0 Å². The zero-order valence-corrected chi connectivity index (χ0v) is 15.5. The average molecular weight is 351 g/mol. The van der Waals surface area contributed by atoms with Crippen molar-refractivity contribution in [2.75, 3.05) is 13.7 Å². The average Bonchev–Trinajstić information content (AvgIpc) is 2.69. The Morgan fingerprint density at radius 1 is 1.12 bits per heavy atom. The van der Waals surface area contributed by atoms with Gasteiger partial charge < -0.3 is 10.1 Å². The van der Waals surface area contributed by atoms with E-state index < -0.39 is 0 Å². The molecule has 0 bridgehead atoms. The van der Waals surface area contributed by atoms with Gasteiger partial charge in [-0.3, -0.25) is 9.36 Å². The normalized spacial score (nSPS) is 12.3. The largest absolute Gasteiger partial charge is 0.495 e. The highest BCUT2D eigenvalue weighted by Gasteiger charge is 2.21. The van der Waals surface area contributed by atoms with Gasteiger partial charge in [-0.2, -0.15) is 0 Å². The van der Waals surface area contributed by atoms with Crippen molar-refractivity contribution < 1.29 is 4.74 Å². The molecule has 0 fully saturated rings. The second-order valence-electron chi connectivity index (χ2n) is 6.21. The number of ether oxygens (including phenoxy) is 1. The van der Waals surface area contributed by atoms with Gasteiger partial charge in [0.25, 0.3) is 5.56 Å². The van der Waals surface area contributed by atoms with E-state index in [1.54, 1.807) is 11.7 Å². The summed E-state index contributed by atoms with van der Waals surface area (Å²) >= 11 is 0. The van der Waals surface area contributed by atoms with E-state index in [-0.39, 0.29) is 11.6 Å². The fourth-order valence-electron chi connectivity index (χ4n) is 3.17. The van der Waals surface area contributed by atoms with Crippen molar-refractivity contribution in [3.05, 3.63) is 64.7 Å². The number of hydrogen-bond donors (Lipinski definition) is 1. The molecule has 0 aliphatic carbocycles. The zero-order chi connectivity index (χ0) is 18.5. The van der Waals surface area contributed by atoms with E-state index in [0.717, 1.165) is 24.9 Å². The van der Waals surface area contributed by atoms with Gasteiger partial charge in [0.05, 0.1) is 29.7 Å². The van der Waals surface area contributed by atoms with E-state index in [1.165, 1.54) is 0 Å². The second-order valence-corrected chi connectivity index (χ2v) is 6.21. The smallest absolute Gasteiger partial charge is 0.266 e. The van der Waals surface area contributed by atoms with Crippen molar-refractivity contribution in [1.82, 2.24) is 14.9 Å². The maximum absolute atomic E-state index is 13.4. The molecule has 3 aromatic rings. The molecule has 1 atom stereocenters. The van der Waals surface area contributed by atoms with Crippen LogP contribution in [0.2, 0.25) is 0 Å². The van der Waals surface area contributed by atoms with Gasteiger partial charge in [0, 0.05) is 0 Å². The van der Waals surface area contributed by atoms with Crippen LogP contribution in [0.5, 0.6) is 5.75 Å². The predicted octanol–water partition coefficient (Wildman–Crippen LogP) is 3.85. The molecule has 1 N–H and O–H groups in total. The number of nitrogens with one attached hydrogen (secondary N) is 1. The van der Waals surface area contributed by atoms with Crippen LogP contribution in [0.15, 0.2) is 53.3 Å². The van der Waals surface area contributed by atoms with Gasteiger partial charge in [-0.25, -0.2) is 4.98 Å². The van der Waals surface area contributed by atoms with E-state index in [0.29, 0.717) is 22.6 Å². The summed E-state index contributed by atoms with van der Waals surface area (Å²) in [6, 6.07) is 15.0. The Labute approximate surface area is 153 Å². The molecule has 0 aliphatic heterocycles. The lowest BCUT2D eigenvalue weighted by Crippen LogP contribution is -2.31. The maximum Gasteiger partial charge on any atom is 0.266 e. The lowest BCUT2D eigenvalue weighted by Gasteiger charge is -2.22. The van der Waals surface area contributed by atoms with E-state index in [2.05, 4.69) is 19.2 Å². The molecule has 26 heavy (non-hydrogen) atoms. The topological polar surface area (TPSA) is 56.2 Å². The van der Waals surface area contributed by atoms with Gasteiger partial charge in [0.2, 0.25) is 0 Å². The molecule has 136 valence electrons. The van der Waals surface area contributed by atoms with Gasteiger partial charge in [0.15, 0.2) is 0 Å². The van der Waals surface area contributed by atoms with Crippen LogP contribution in [0.1, 0.15) is 38.6 Å². The van der Waals surface area contributed by atoms with E-state index >= 15 is 0 Å². The number of fused-ring (bicyclic) bond motifs is 1. The summed E-state index contributed by atoms with van der Waals surface area (Å²) in [6.45, 7) is 5.09. The van der Waals surface area contributed by atoms with Gasteiger partial charge in [-0.05, 0) is 43.7 Å². The highest BCUT2D eigenvalue weighted by atomic mass is 16.5. The number of aromatic nitrogens is 2. The minimum absolute atomic E-state index is 0.0165. The summed E-state index contributed by atoms with van der Waals surface area (Å²) in [6.07, 6.45) is 1.85. The van der Waals surface area contributed by atoms with Crippen LogP contribution in [0.25, 0.3) is 16.6 Å². The fraction of sp³-hybridized carbons (Fsp3) is 0.333. The molecular formula is C21H25N3O2. The van der Waals surface area contributed by atoms with Crippen LogP contribution < -0.4 is 15.6 Å². The van der Waals surface area contributed by atoms with E-state index in [4.69, 9.17) is 9.72 Å². The summed E-state index contributed by atoms with van der Waals surface area (Å²) < 4.78 is 7.20. The highest BCUT2D eigenvalue weighted by Crippen LogP contribution is 2.26. The first-order valence-corrected chi connectivity index (χ1v) is 9.09. The molecule has 5 heteroatoms. The molecule has 2 aromatic carbocycles. The quantitative estimate of drug-likeness (QED) is 0.702. The summed E-state index contributed by atoms with van der Waals surface area (Å²) in [5, 5.41) is 4.12. The SMILES string of the molecule is CCCNC(CC)c1nc2ccccc2c(=O)n1-c1ccccc1OC. The van der Waals surface area contributed by atoms with Crippen molar-refractivity contribution in [3.8, 4) is 11.4 Å². The van der Waals surface area contributed by atoms with Gasteiger partial charge in [-0.1, -0.05) is 38.1 Å². The molecule has 5 nitrogen and oxygen atoms in total. The van der Waals surface area contributed by atoms with E-state index in [9.17, 15) is 4.79 Å². The zero-order valence-electron chi connectivity index (χ0n) is 15.5. The molecule has 0 aliphatic rings. The minimum Gasteiger partial charge on any atom is -0.495 e. The van der Waals surface area contributed by atoms with Gasteiger partial charge in [0.1, 0.15) is 11.6 Å². The highest BCUT2D eigenvalue weighted by molar-refractivity contribution is 5.78. The molecule has 0 spiro atoms. The van der Waals surface area contributed by atoms with Crippen LogP contribution >= 0.6 is 0 Å². The molecule has 3 rings (SSSR count). The Bertz CT molecular complexity index is 949. The number of rotatable bonds is 7. The molecule has 0 saturated heterocycles. The van der Waals surface area contributed by atoms with Crippen molar-refractivity contribution in [2.24, 2.45) is 0 Å². The first-order chi connectivity index (χ1) is 12.7. The first-order valence-electron chi connectivity index (χ1n) is 9.09. The molecular weight excluding hydrogens is 326 g/mol. The Balaban J connectivity index is 2.32. The predicted molar refractivity (Wildman–Crippen MR) is 105 cm³/mol. The molecule has 0 saturated carbocycles. The monoisotopic (exact) mass is 351 g/mol. The summed E-state index contributed by atoms with van der Waals surface area (Å²) in [7, 11) is 1.62. The summed E-state index contributed by atoms with van der Waals surface area (Å²) in [5.41, 5.74) is 1.35. The third-order valence-corrected chi connectivity index (χ3v) is 4.49. The third-order valence-electron chi connectivity index (χ3n) is 4.49. The van der Waals surface area contributed by atoms with Crippen LogP contribution in [0, 0.1) is 0 Å². The number of hydrogen-bond acceptors (Lipinski definition) is 4. The third kappa shape index (κ3) is 3.35. The summed E-state index contributed by atoms with van der Waals surface area (Å²) in [5.74, 6) is 1.37. The molecule has 0 amide bonds. The Hall–Kier alpha value is -2.66. The van der Waals surface area contributed by atoms with Crippen molar-refractivity contribution in [3.63, 3.8) is 0 Å². The standard InChI is InChI=1S/C21H25N3O2/c1-4-14-22-16(5-2)20-23-17-11-7-6-10-15(17)21(25)24(20)18-12-8-9-13-19(18)26-3/h6-13,16,22H,4-5,14H2,1-3H3. The number of methoxy groups -OCH3 is 1. The van der Waals surface area contributed by atoms with Gasteiger partial charge in [-0.15, -0.1) is 0 Å². The second kappa shape index (κ2) is 8.15. The lowest BCUT2D eigenvalue weighted by molar-refractivity contribution is 0.410. The van der Waals surface area contributed by atoms with Crippen LogP contribution in [-0.4, -0.2) is 23.2 Å². The molecule has 1 unspecified atom stereocenters. The van der Waals surface area contributed by atoms with Crippen molar-refractivity contribution in [2.45, 2.75) is 32.7 Å². The number of para-hydroxylation sites is 3. The Morgan fingerprint density at radius 3 is 2.58 bits per heavy atom. The van der Waals surface area contributed by atoms with Crippen LogP contribution in [0.3, 0.4) is 0 Å². The fourth-order valence-corrected chi connectivity index (χ4v) is 3.17. The number of benzene rings is 2. The van der Waals surface area contributed by atoms with Crippen LogP contribution in [-0.2, 0) is 0 Å². The Kier molecular flexibility index (Phi) is 5.68. The van der Waals surface area contributed by atoms with E-state index in [1.807, 2.05) is 48.5 Å². The Morgan fingerprint density at radius 2 is 1.85 bits per heavy atom. The summed E-state index contributed by atoms with van der Waals surface area (Å²) in [4.78, 5) is 18.2. The van der Waals surface area contributed by atoms with Crippen LogP contribution in [0.4, 0.5) is 0 Å². The lowest BCUT2D eigenvalue weighted by atomic mass is 10.1.